The fourth-order valence-electron chi connectivity index (χ4n) is 1.43. The number of fused-ring (bicyclic) bond motifs is 1. The van der Waals surface area contributed by atoms with Gasteiger partial charge in [-0.15, -0.1) is 5.06 Å². The van der Waals surface area contributed by atoms with Gasteiger partial charge in [0, 0.05) is 14.0 Å². The number of hydrogen-bond donors (Lipinski definition) is 2. The molecule has 0 bridgehead atoms. The topological polar surface area (TPSA) is 105 Å². The number of nitrogens with two attached hydrogens (primary N) is 1. The van der Waals surface area contributed by atoms with Crippen molar-refractivity contribution < 1.29 is 14.4 Å². The lowest BCUT2D eigenvalue weighted by molar-refractivity contribution is -0.145. The maximum absolute atomic E-state index is 11.7. The summed E-state index contributed by atoms with van der Waals surface area (Å²) in [6.45, 7) is 1.25. The Balaban J connectivity index is 2.42. The Morgan fingerprint density at radius 3 is 3.00 bits per heavy atom. The fraction of sp³-hybridized carbons (Fsp3) is 0.375. The Labute approximate surface area is 90.9 Å². The Hall–Kier alpha value is -2.09. The van der Waals surface area contributed by atoms with Crippen LogP contribution in [-0.2, 0) is 9.63 Å². The van der Waals surface area contributed by atoms with E-state index in [9.17, 15) is 9.59 Å². The first-order valence-electron chi connectivity index (χ1n) is 4.56. The molecule has 1 aromatic rings. The van der Waals surface area contributed by atoms with E-state index < -0.39 is 12.3 Å². The molecule has 86 valence electrons. The summed E-state index contributed by atoms with van der Waals surface area (Å²) in [6, 6.07) is 0. The largest absolute Gasteiger partial charge is 0.339 e. The van der Waals surface area contributed by atoms with Crippen LogP contribution in [-0.4, -0.2) is 40.1 Å². The van der Waals surface area contributed by atoms with Crippen molar-refractivity contribution in [2.24, 2.45) is 5.73 Å². The monoisotopic (exact) mass is 225 g/mol. The Morgan fingerprint density at radius 1 is 1.69 bits per heavy atom. The van der Waals surface area contributed by atoms with Crippen molar-refractivity contribution in [3.8, 4) is 0 Å². The molecule has 1 aromatic heterocycles. The second-order valence-corrected chi connectivity index (χ2v) is 3.34. The molecule has 3 N–H and O–H groups in total. The first-order chi connectivity index (χ1) is 7.52. The van der Waals surface area contributed by atoms with Crippen molar-refractivity contribution in [2.45, 2.75) is 13.2 Å². The molecule has 0 fully saturated rings. The molecule has 1 unspecified atom stereocenters. The molecule has 1 aliphatic rings. The number of nitrogens with one attached hydrogen (secondary N) is 1. The lowest BCUT2D eigenvalue weighted by Gasteiger charge is -2.36. The Kier molecular flexibility index (Phi) is 2.27. The van der Waals surface area contributed by atoms with Gasteiger partial charge in [-0.2, -0.15) is 0 Å². The minimum Gasteiger partial charge on any atom is -0.339 e. The van der Waals surface area contributed by atoms with E-state index in [-0.39, 0.29) is 17.4 Å². The molecule has 8 nitrogen and oxygen atoms in total. The van der Waals surface area contributed by atoms with Crippen molar-refractivity contribution in [2.75, 3.05) is 12.1 Å². The molecule has 0 radical (unpaired) electrons. The minimum absolute atomic E-state index is 0.214. The SMILES string of the molecule is CC(=O)ON1c2nc[nH]c2C(=O)N(C)C1N. The second-order valence-electron chi connectivity index (χ2n) is 3.34. The highest BCUT2D eigenvalue weighted by atomic mass is 16.7. The molecule has 0 spiro atoms. The van der Waals surface area contributed by atoms with Gasteiger partial charge in [0.15, 0.2) is 17.8 Å². The quantitative estimate of drug-likeness (QED) is 0.636. The van der Waals surface area contributed by atoms with Crippen molar-refractivity contribution in [3.05, 3.63) is 12.0 Å². The zero-order valence-electron chi connectivity index (χ0n) is 8.80. The van der Waals surface area contributed by atoms with Gasteiger partial charge >= 0.3 is 5.97 Å². The summed E-state index contributed by atoms with van der Waals surface area (Å²) < 4.78 is 0. The zero-order chi connectivity index (χ0) is 11.9. The van der Waals surface area contributed by atoms with Gasteiger partial charge in [-0.1, -0.05) is 0 Å². The van der Waals surface area contributed by atoms with E-state index in [0.717, 1.165) is 5.06 Å². The van der Waals surface area contributed by atoms with E-state index in [0.29, 0.717) is 0 Å². The zero-order valence-corrected chi connectivity index (χ0v) is 8.80. The van der Waals surface area contributed by atoms with Crippen LogP contribution in [0.25, 0.3) is 0 Å². The van der Waals surface area contributed by atoms with E-state index in [1.54, 1.807) is 0 Å². The van der Waals surface area contributed by atoms with E-state index in [1.165, 1.54) is 25.2 Å². The summed E-state index contributed by atoms with van der Waals surface area (Å²) in [5, 5.41) is 1.09. The summed E-state index contributed by atoms with van der Waals surface area (Å²) in [5.74, 6) is -0.624. The van der Waals surface area contributed by atoms with Crippen LogP contribution >= 0.6 is 0 Å². The number of hydroxylamine groups is 1. The number of carbonyl (C=O) groups is 2. The normalized spacial score (nSPS) is 19.7. The van der Waals surface area contributed by atoms with Crippen molar-refractivity contribution in [3.63, 3.8) is 0 Å². The lowest BCUT2D eigenvalue weighted by Crippen LogP contribution is -2.58. The number of amides is 1. The van der Waals surface area contributed by atoms with Gasteiger partial charge in [0.1, 0.15) is 0 Å². The van der Waals surface area contributed by atoms with Crippen LogP contribution in [0.4, 0.5) is 5.82 Å². The summed E-state index contributed by atoms with van der Waals surface area (Å²) >= 11 is 0. The highest BCUT2D eigenvalue weighted by Gasteiger charge is 2.37. The molecule has 8 heteroatoms. The maximum atomic E-state index is 11.7. The van der Waals surface area contributed by atoms with Crippen molar-refractivity contribution in [1.29, 1.82) is 0 Å². The van der Waals surface area contributed by atoms with Gasteiger partial charge in [0.05, 0.1) is 6.33 Å². The molecule has 0 aromatic carbocycles. The Morgan fingerprint density at radius 2 is 2.38 bits per heavy atom. The molecule has 1 atom stereocenters. The molecule has 1 aliphatic heterocycles. The van der Waals surface area contributed by atoms with Crippen LogP contribution in [0.2, 0.25) is 0 Å². The van der Waals surface area contributed by atoms with Crippen molar-refractivity contribution in [1.82, 2.24) is 14.9 Å². The number of rotatable bonds is 1. The maximum Gasteiger partial charge on any atom is 0.329 e. The number of anilines is 1. The number of hydrogen-bond acceptors (Lipinski definition) is 6. The van der Waals surface area contributed by atoms with Crippen LogP contribution in [0, 0.1) is 0 Å². The summed E-state index contributed by atoms with van der Waals surface area (Å²) in [6.07, 6.45) is 0.456. The number of imidazole rings is 1. The average Bonchev–Trinajstić information content (AvgIpc) is 2.69. The number of H-pyrrole nitrogens is 1. The predicted octanol–water partition coefficient (Wildman–Crippen LogP) is -0.978. The average molecular weight is 225 g/mol. The number of nitrogens with zero attached hydrogens (tertiary/aromatic N) is 3. The van der Waals surface area contributed by atoms with E-state index in [4.69, 9.17) is 10.6 Å². The van der Waals surface area contributed by atoms with E-state index >= 15 is 0 Å². The Bertz CT molecular complexity index is 443. The number of carbonyl (C=O) groups excluding carboxylic acids is 2. The van der Waals surface area contributed by atoms with Crippen LogP contribution in [0.1, 0.15) is 17.4 Å². The highest BCUT2D eigenvalue weighted by Crippen LogP contribution is 2.25. The summed E-state index contributed by atoms with van der Waals surface area (Å²) in [7, 11) is 1.51. The van der Waals surface area contributed by atoms with Gasteiger partial charge in [0.2, 0.25) is 0 Å². The van der Waals surface area contributed by atoms with Crippen LogP contribution in [0.15, 0.2) is 6.33 Å². The van der Waals surface area contributed by atoms with Gasteiger partial charge in [-0.05, 0) is 0 Å². The summed E-state index contributed by atoms with van der Waals surface area (Å²) in [5.41, 5.74) is 5.98. The molecule has 0 saturated heterocycles. The third-order valence-corrected chi connectivity index (χ3v) is 2.23. The van der Waals surface area contributed by atoms with Gasteiger partial charge in [-0.3, -0.25) is 15.3 Å². The molecule has 1 amide bonds. The van der Waals surface area contributed by atoms with Crippen LogP contribution < -0.4 is 10.8 Å². The predicted molar refractivity (Wildman–Crippen MR) is 52.9 cm³/mol. The molecular weight excluding hydrogens is 214 g/mol. The number of aromatic nitrogens is 2. The molecular formula is C8H11N5O3. The highest BCUT2D eigenvalue weighted by molar-refractivity contribution is 5.98. The molecule has 0 saturated carbocycles. The fourth-order valence-corrected chi connectivity index (χ4v) is 1.43. The third kappa shape index (κ3) is 1.39. The van der Waals surface area contributed by atoms with E-state index in [2.05, 4.69) is 9.97 Å². The second kappa shape index (κ2) is 3.49. The van der Waals surface area contributed by atoms with Gasteiger partial charge in [-0.25, -0.2) is 4.98 Å². The van der Waals surface area contributed by atoms with Crippen molar-refractivity contribution >= 4 is 17.7 Å². The molecule has 0 aliphatic carbocycles. The van der Waals surface area contributed by atoms with Crippen LogP contribution in [0.5, 0.6) is 0 Å². The van der Waals surface area contributed by atoms with Gasteiger partial charge in [0.25, 0.3) is 5.91 Å². The third-order valence-electron chi connectivity index (χ3n) is 2.23. The molecule has 16 heavy (non-hydrogen) atoms. The first-order valence-corrected chi connectivity index (χ1v) is 4.56. The standard InChI is InChI=1S/C8H11N5O3/c1-4(14)16-13-6-5(10-3-11-6)7(15)12(2)8(13)9/h3,8H,9H2,1-2H3,(H,10,11). The minimum atomic E-state index is -0.882. The van der Waals surface area contributed by atoms with Gasteiger partial charge < -0.3 is 14.7 Å². The number of aromatic amines is 1. The van der Waals surface area contributed by atoms with Crippen LogP contribution in [0.3, 0.4) is 0 Å². The molecule has 2 heterocycles. The lowest BCUT2D eigenvalue weighted by atomic mass is 10.3. The summed E-state index contributed by atoms with van der Waals surface area (Å²) in [4.78, 5) is 35.3. The smallest absolute Gasteiger partial charge is 0.329 e. The molecule has 2 rings (SSSR count). The van der Waals surface area contributed by atoms with E-state index in [1.807, 2.05) is 0 Å². The first kappa shape index (κ1) is 10.4.